The summed E-state index contributed by atoms with van der Waals surface area (Å²) in [5.41, 5.74) is 1.47. The summed E-state index contributed by atoms with van der Waals surface area (Å²) in [4.78, 5) is 4.13. The smallest absolute Gasteiger partial charge is 0.435 e. The minimum absolute atomic E-state index is 0.0691. The second kappa shape index (κ2) is 6.22. The van der Waals surface area contributed by atoms with Crippen molar-refractivity contribution < 1.29 is 22.6 Å². The second-order valence-corrected chi connectivity index (χ2v) is 4.39. The normalized spacial score (nSPS) is 11.3. The number of pyridine rings is 1. The Balaban J connectivity index is 2.25. The van der Waals surface area contributed by atoms with Crippen LogP contribution in [0.2, 0.25) is 0 Å². The van der Waals surface area contributed by atoms with Gasteiger partial charge in [-0.3, -0.25) is 0 Å². The Kier molecular flexibility index (Phi) is 4.57. The van der Waals surface area contributed by atoms with Crippen molar-refractivity contribution in [1.82, 2.24) is 4.98 Å². The van der Waals surface area contributed by atoms with Crippen LogP contribution in [-0.2, 0) is 5.88 Å². The summed E-state index contributed by atoms with van der Waals surface area (Å²) in [5.74, 6) is -0.0295. The molecule has 1 heterocycles. The zero-order valence-corrected chi connectivity index (χ0v) is 11.7. The lowest BCUT2D eigenvalue weighted by Crippen LogP contribution is -2.17. The van der Waals surface area contributed by atoms with Crippen LogP contribution in [0.4, 0.5) is 13.2 Å². The molecule has 2 rings (SSSR count). The van der Waals surface area contributed by atoms with E-state index in [0.29, 0.717) is 11.6 Å². The molecule has 1 aromatic heterocycles. The Morgan fingerprint density at radius 2 is 1.76 bits per heavy atom. The van der Waals surface area contributed by atoms with Gasteiger partial charge in [0.1, 0.15) is 0 Å². The Morgan fingerprint density at radius 3 is 2.33 bits per heavy atom. The van der Waals surface area contributed by atoms with Crippen molar-refractivity contribution in [3.05, 3.63) is 47.7 Å². The Bertz CT molecular complexity index is 632. The third-order valence-corrected chi connectivity index (χ3v) is 2.89. The third kappa shape index (κ3) is 4.26. The van der Waals surface area contributed by atoms with Crippen LogP contribution in [0.1, 0.15) is 11.3 Å². The first-order valence-electron chi connectivity index (χ1n) is 5.94. The monoisotopic (exact) mass is 317 g/mol. The van der Waals surface area contributed by atoms with E-state index < -0.39 is 12.1 Å². The van der Waals surface area contributed by atoms with Crippen molar-refractivity contribution in [1.29, 1.82) is 0 Å². The molecule has 1 aromatic carbocycles. The van der Waals surface area contributed by atoms with Gasteiger partial charge in [0.25, 0.3) is 0 Å². The van der Waals surface area contributed by atoms with Gasteiger partial charge < -0.3 is 9.47 Å². The topological polar surface area (TPSA) is 31.4 Å². The second-order valence-electron chi connectivity index (χ2n) is 4.12. The number of alkyl halides is 4. The highest BCUT2D eigenvalue weighted by Gasteiger charge is 2.32. The third-order valence-electron chi connectivity index (χ3n) is 2.60. The quantitative estimate of drug-likeness (QED) is 0.758. The number of aryl methyl sites for hydroxylation is 1. The first kappa shape index (κ1) is 15.4. The van der Waals surface area contributed by atoms with E-state index in [2.05, 4.69) is 9.72 Å². The molecule has 7 heteroatoms. The van der Waals surface area contributed by atoms with Gasteiger partial charge in [-0.2, -0.15) is 0 Å². The lowest BCUT2D eigenvalue weighted by atomic mass is 10.2. The number of rotatable bonds is 4. The van der Waals surface area contributed by atoms with Gasteiger partial charge in [-0.25, -0.2) is 4.98 Å². The van der Waals surface area contributed by atoms with Crippen LogP contribution in [0, 0.1) is 6.92 Å². The molecular formula is C14H11ClF3NO2. The van der Waals surface area contributed by atoms with Gasteiger partial charge in [-0.1, -0.05) is 18.2 Å². The molecule has 21 heavy (non-hydrogen) atoms. The van der Waals surface area contributed by atoms with Crippen LogP contribution < -0.4 is 9.47 Å². The predicted molar refractivity (Wildman–Crippen MR) is 71.7 cm³/mol. The summed E-state index contributed by atoms with van der Waals surface area (Å²) < 4.78 is 46.2. The van der Waals surface area contributed by atoms with Crippen molar-refractivity contribution in [2.75, 3.05) is 0 Å². The summed E-state index contributed by atoms with van der Waals surface area (Å²) in [6.45, 7) is 1.74. The van der Waals surface area contributed by atoms with Gasteiger partial charge >= 0.3 is 6.36 Å². The minimum Gasteiger partial charge on any atom is -0.435 e. The maximum absolute atomic E-state index is 12.3. The summed E-state index contributed by atoms with van der Waals surface area (Å²) in [6, 6.07) is 8.74. The molecule has 0 saturated heterocycles. The van der Waals surface area contributed by atoms with E-state index in [1.54, 1.807) is 19.1 Å². The fourth-order valence-corrected chi connectivity index (χ4v) is 1.90. The molecule has 0 fully saturated rings. The molecule has 0 radical (unpaired) electrons. The Morgan fingerprint density at radius 1 is 1.10 bits per heavy atom. The molecule has 0 aliphatic heterocycles. The highest BCUT2D eigenvalue weighted by molar-refractivity contribution is 6.17. The molecule has 2 aromatic rings. The van der Waals surface area contributed by atoms with Gasteiger partial charge in [0.15, 0.2) is 11.5 Å². The van der Waals surface area contributed by atoms with E-state index >= 15 is 0 Å². The van der Waals surface area contributed by atoms with E-state index in [9.17, 15) is 13.2 Å². The largest absolute Gasteiger partial charge is 0.573 e. The average Bonchev–Trinajstić information content (AvgIpc) is 2.40. The lowest BCUT2D eigenvalue weighted by Gasteiger charge is -2.13. The van der Waals surface area contributed by atoms with Crippen molar-refractivity contribution in [2.24, 2.45) is 0 Å². The molecule has 0 atom stereocenters. The van der Waals surface area contributed by atoms with Crippen molar-refractivity contribution in [3.63, 3.8) is 0 Å². The van der Waals surface area contributed by atoms with Crippen LogP contribution in [0.3, 0.4) is 0 Å². The van der Waals surface area contributed by atoms with Gasteiger partial charge in [0.05, 0.1) is 0 Å². The summed E-state index contributed by atoms with van der Waals surface area (Å²) in [6.07, 6.45) is -4.79. The maximum Gasteiger partial charge on any atom is 0.573 e. The Labute approximate surface area is 124 Å². The number of para-hydroxylation sites is 2. The van der Waals surface area contributed by atoms with Crippen LogP contribution in [0.25, 0.3) is 0 Å². The molecule has 3 nitrogen and oxygen atoms in total. The molecule has 0 saturated carbocycles. The zero-order valence-electron chi connectivity index (χ0n) is 10.9. The first-order valence-corrected chi connectivity index (χ1v) is 6.47. The summed E-state index contributed by atoms with van der Waals surface area (Å²) >= 11 is 5.72. The van der Waals surface area contributed by atoms with Crippen molar-refractivity contribution in [3.8, 4) is 17.4 Å². The van der Waals surface area contributed by atoms with Crippen LogP contribution in [-0.4, -0.2) is 11.3 Å². The number of halogens is 4. The maximum atomic E-state index is 12.3. The Hall–Kier alpha value is -1.95. The molecular weight excluding hydrogens is 307 g/mol. The fourth-order valence-electron chi connectivity index (χ4n) is 1.62. The van der Waals surface area contributed by atoms with E-state index in [4.69, 9.17) is 16.3 Å². The van der Waals surface area contributed by atoms with E-state index in [0.717, 1.165) is 5.56 Å². The molecule has 0 aliphatic carbocycles. The highest BCUT2D eigenvalue weighted by atomic mass is 35.5. The number of aromatic nitrogens is 1. The summed E-state index contributed by atoms with van der Waals surface area (Å²) in [7, 11) is 0. The number of hydrogen-bond acceptors (Lipinski definition) is 3. The number of benzene rings is 1. The number of ether oxygens (including phenoxy) is 2. The van der Waals surface area contributed by atoms with Crippen LogP contribution in [0.5, 0.6) is 17.4 Å². The van der Waals surface area contributed by atoms with E-state index in [1.807, 2.05) is 0 Å². The zero-order chi connectivity index (χ0) is 15.5. The van der Waals surface area contributed by atoms with Gasteiger partial charge in [0, 0.05) is 17.6 Å². The SMILES string of the molecule is Cc1nc(Oc2ccccc2OC(F)(F)F)ccc1CCl. The number of nitrogens with zero attached hydrogens (tertiary/aromatic N) is 1. The van der Waals surface area contributed by atoms with Gasteiger partial charge in [0.2, 0.25) is 5.88 Å². The first-order chi connectivity index (χ1) is 9.89. The average molecular weight is 318 g/mol. The molecule has 0 spiro atoms. The van der Waals surface area contributed by atoms with Crippen molar-refractivity contribution in [2.45, 2.75) is 19.2 Å². The lowest BCUT2D eigenvalue weighted by molar-refractivity contribution is -0.275. The van der Waals surface area contributed by atoms with Gasteiger partial charge in [-0.05, 0) is 24.6 Å². The highest BCUT2D eigenvalue weighted by Crippen LogP contribution is 2.34. The fraction of sp³-hybridized carbons (Fsp3) is 0.214. The van der Waals surface area contributed by atoms with E-state index in [-0.39, 0.29) is 11.6 Å². The molecule has 0 amide bonds. The van der Waals surface area contributed by atoms with Gasteiger partial charge in [-0.15, -0.1) is 24.8 Å². The standard InChI is InChI=1S/C14H11ClF3NO2/c1-9-10(8-15)6-7-13(19-9)20-11-4-2-3-5-12(11)21-14(16,17)18/h2-7H,8H2,1H3. The van der Waals surface area contributed by atoms with Crippen LogP contribution >= 0.6 is 11.6 Å². The molecule has 112 valence electrons. The van der Waals surface area contributed by atoms with E-state index in [1.165, 1.54) is 24.3 Å². The molecule has 0 bridgehead atoms. The minimum atomic E-state index is -4.79. The molecule has 0 unspecified atom stereocenters. The van der Waals surface area contributed by atoms with Crippen LogP contribution in [0.15, 0.2) is 36.4 Å². The van der Waals surface area contributed by atoms with Crippen molar-refractivity contribution >= 4 is 11.6 Å². The molecule has 0 N–H and O–H groups in total. The number of hydrogen-bond donors (Lipinski definition) is 0. The predicted octanol–water partition coefficient (Wildman–Crippen LogP) is 4.82. The molecule has 0 aliphatic rings. The summed E-state index contributed by atoms with van der Waals surface area (Å²) in [5, 5.41) is 0.